The molecule has 0 unspecified atom stereocenters. The second kappa shape index (κ2) is 5.19. The number of pyridine rings is 1. The Kier molecular flexibility index (Phi) is 3.44. The molecule has 18 heavy (non-hydrogen) atoms. The first-order chi connectivity index (χ1) is 8.81. The van der Waals surface area contributed by atoms with Crippen LogP contribution in [0.5, 0.6) is 11.5 Å². The molecule has 0 radical (unpaired) electrons. The van der Waals surface area contributed by atoms with Crippen molar-refractivity contribution in [2.24, 2.45) is 0 Å². The number of ether oxygens (including phenoxy) is 2. The predicted molar refractivity (Wildman–Crippen MR) is 67.5 cm³/mol. The zero-order valence-corrected chi connectivity index (χ0v) is 10.2. The maximum absolute atomic E-state index is 9.19. The zero-order chi connectivity index (χ0) is 13.0. The Hall–Kier alpha value is -2.54. The van der Waals surface area contributed by atoms with Gasteiger partial charge in [-0.15, -0.1) is 0 Å². The highest BCUT2D eigenvalue weighted by atomic mass is 16.5. The Balaban J connectivity index is 2.74. The first kappa shape index (κ1) is 11.9. The highest BCUT2D eigenvalue weighted by Crippen LogP contribution is 2.39. The number of nitrogens with zero attached hydrogens (tertiary/aromatic N) is 2. The van der Waals surface area contributed by atoms with E-state index in [0.717, 1.165) is 0 Å². The third-order valence-corrected chi connectivity index (χ3v) is 2.59. The van der Waals surface area contributed by atoms with Crippen molar-refractivity contribution >= 4 is 0 Å². The summed E-state index contributed by atoms with van der Waals surface area (Å²) in [6.45, 7) is 0. The lowest BCUT2D eigenvalue weighted by Gasteiger charge is -2.13. The van der Waals surface area contributed by atoms with Crippen molar-refractivity contribution in [3.63, 3.8) is 0 Å². The normalized spacial score (nSPS) is 9.61. The molecule has 4 heteroatoms. The van der Waals surface area contributed by atoms with E-state index in [4.69, 9.17) is 9.47 Å². The van der Waals surface area contributed by atoms with Crippen LogP contribution in [0.25, 0.3) is 11.3 Å². The molecule has 1 heterocycles. The van der Waals surface area contributed by atoms with Crippen LogP contribution in [0.3, 0.4) is 0 Å². The highest BCUT2D eigenvalue weighted by Gasteiger charge is 2.17. The SMILES string of the molecule is COc1ccc(C#N)c(-c2ccccn2)c1OC. The molecule has 90 valence electrons. The smallest absolute Gasteiger partial charge is 0.171 e. The molecule has 0 fully saturated rings. The Morgan fingerprint density at radius 1 is 1.11 bits per heavy atom. The summed E-state index contributed by atoms with van der Waals surface area (Å²) < 4.78 is 10.6. The first-order valence-electron chi connectivity index (χ1n) is 5.38. The zero-order valence-electron chi connectivity index (χ0n) is 10.2. The Bertz CT molecular complexity index is 589. The van der Waals surface area contributed by atoms with E-state index in [1.807, 2.05) is 18.2 Å². The summed E-state index contributed by atoms with van der Waals surface area (Å²) in [4.78, 5) is 4.25. The van der Waals surface area contributed by atoms with Crippen LogP contribution in [0.2, 0.25) is 0 Å². The highest BCUT2D eigenvalue weighted by molar-refractivity contribution is 5.77. The fourth-order valence-electron chi connectivity index (χ4n) is 1.79. The minimum atomic E-state index is 0.506. The molecule has 0 saturated heterocycles. The molecular weight excluding hydrogens is 228 g/mol. The molecule has 1 aromatic heterocycles. The van der Waals surface area contributed by atoms with Gasteiger partial charge in [-0.25, -0.2) is 0 Å². The quantitative estimate of drug-likeness (QED) is 0.827. The van der Waals surface area contributed by atoms with E-state index in [1.165, 1.54) is 0 Å². The van der Waals surface area contributed by atoms with Crippen LogP contribution in [0, 0.1) is 11.3 Å². The fourth-order valence-corrected chi connectivity index (χ4v) is 1.79. The maximum Gasteiger partial charge on any atom is 0.171 e. The molecule has 0 spiro atoms. The third kappa shape index (κ3) is 1.98. The molecule has 1 aromatic carbocycles. The Morgan fingerprint density at radius 3 is 2.50 bits per heavy atom. The van der Waals surface area contributed by atoms with Crippen LogP contribution in [0.1, 0.15) is 5.56 Å². The molecule has 0 aliphatic heterocycles. The van der Waals surface area contributed by atoms with E-state index in [-0.39, 0.29) is 0 Å². The molecule has 0 atom stereocenters. The van der Waals surface area contributed by atoms with Crippen molar-refractivity contribution in [1.82, 2.24) is 4.98 Å². The molecule has 0 amide bonds. The molecular formula is C14H12N2O2. The van der Waals surface area contributed by atoms with Crippen LogP contribution in [-0.2, 0) is 0 Å². The van der Waals surface area contributed by atoms with E-state index in [9.17, 15) is 5.26 Å². The van der Waals surface area contributed by atoms with Gasteiger partial charge in [-0.05, 0) is 24.3 Å². The van der Waals surface area contributed by atoms with Crippen molar-refractivity contribution in [3.8, 4) is 28.8 Å². The van der Waals surface area contributed by atoms with E-state index in [1.54, 1.807) is 32.5 Å². The Labute approximate surface area is 105 Å². The molecule has 4 nitrogen and oxygen atoms in total. The standard InChI is InChI=1S/C14H12N2O2/c1-17-12-7-6-10(9-15)13(14(12)18-2)11-5-3-4-8-16-11/h3-8H,1-2H3. The summed E-state index contributed by atoms with van der Waals surface area (Å²) in [5.74, 6) is 1.10. The van der Waals surface area contributed by atoms with Crippen LogP contribution < -0.4 is 9.47 Å². The lowest BCUT2D eigenvalue weighted by atomic mass is 10.0. The number of aromatic nitrogens is 1. The van der Waals surface area contributed by atoms with Crippen molar-refractivity contribution in [2.45, 2.75) is 0 Å². The monoisotopic (exact) mass is 240 g/mol. The summed E-state index contributed by atoms with van der Waals surface area (Å²) >= 11 is 0. The van der Waals surface area contributed by atoms with Crippen LogP contribution in [-0.4, -0.2) is 19.2 Å². The van der Waals surface area contributed by atoms with Gasteiger partial charge >= 0.3 is 0 Å². The lowest BCUT2D eigenvalue weighted by molar-refractivity contribution is 0.356. The van der Waals surface area contributed by atoms with Crippen molar-refractivity contribution in [1.29, 1.82) is 5.26 Å². The van der Waals surface area contributed by atoms with Gasteiger partial charge in [0.1, 0.15) is 0 Å². The number of rotatable bonds is 3. The second-order valence-corrected chi connectivity index (χ2v) is 3.55. The van der Waals surface area contributed by atoms with Gasteiger partial charge in [0.05, 0.1) is 37.1 Å². The third-order valence-electron chi connectivity index (χ3n) is 2.59. The number of nitriles is 1. The summed E-state index contributed by atoms with van der Waals surface area (Å²) in [7, 11) is 3.11. The van der Waals surface area contributed by atoms with Crippen LogP contribution in [0.15, 0.2) is 36.5 Å². The predicted octanol–water partition coefficient (Wildman–Crippen LogP) is 2.64. The fraction of sp³-hybridized carbons (Fsp3) is 0.143. The molecule has 2 aromatic rings. The van der Waals surface area contributed by atoms with Crippen LogP contribution >= 0.6 is 0 Å². The van der Waals surface area contributed by atoms with E-state index in [2.05, 4.69) is 11.1 Å². The van der Waals surface area contributed by atoms with E-state index in [0.29, 0.717) is 28.3 Å². The van der Waals surface area contributed by atoms with Gasteiger partial charge in [0.2, 0.25) is 0 Å². The number of benzene rings is 1. The molecule has 0 saturated carbocycles. The van der Waals surface area contributed by atoms with Crippen molar-refractivity contribution < 1.29 is 9.47 Å². The molecule has 0 N–H and O–H groups in total. The van der Waals surface area contributed by atoms with Gasteiger partial charge in [0.15, 0.2) is 11.5 Å². The maximum atomic E-state index is 9.19. The van der Waals surface area contributed by atoms with Gasteiger partial charge in [0.25, 0.3) is 0 Å². The molecule has 2 rings (SSSR count). The minimum absolute atomic E-state index is 0.506. The van der Waals surface area contributed by atoms with Gasteiger partial charge in [0, 0.05) is 6.20 Å². The molecule has 0 aliphatic rings. The van der Waals surface area contributed by atoms with Gasteiger partial charge in [-0.1, -0.05) is 6.07 Å². The summed E-state index contributed by atoms with van der Waals surface area (Å²) in [6, 6.07) is 11.1. The van der Waals surface area contributed by atoms with E-state index >= 15 is 0 Å². The largest absolute Gasteiger partial charge is 0.493 e. The topological polar surface area (TPSA) is 55.1 Å². The number of hydrogen-bond acceptors (Lipinski definition) is 4. The summed E-state index contributed by atoms with van der Waals surface area (Å²) in [5, 5.41) is 9.19. The lowest BCUT2D eigenvalue weighted by Crippen LogP contribution is -1.97. The number of hydrogen-bond donors (Lipinski definition) is 0. The average Bonchev–Trinajstić information content (AvgIpc) is 2.46. The first-order valence-corrected chi connectivity index (χ1v) is 5.38. The van der Waals surface area contributed by atoms with Gasteiger partial charge in [-0.2, -0.15) is 5.26 Å². The second-order valence-electron chi connectivity index (χ2n) is 3.55. The van der Waals surface area contributed by atoms with E-state index < -0.39 is 0 Å². The number of methoxy groups -OCH3 is 2. The summed E-state index contributed by atoms with van der Waals surface area (Å²) in [5.41, 5.74) is 1.84. The van der Waals surface area contributed by atoms with Crippen LogP contribution in [0.4, 0.5) is 0 Å². The average molecular weight is 240 g/mol. The summed E-state index contributed by atoms with van der Waals surface area (Å²) in [6.07, 6.45) is 1.68. The van der Waals surface area contributed by atoms with Gasteiger partial charge < -0.3 is 9.47 Å². The molecule has 0 aliphatic carbocycles. The van der Waals surface area contributed by atoms with Crippen molar-refractivity contribution in [2.75, 3.05) is 14.2 Å². The van der Waals surface area contributed by atoms with Gasteiger partial charge in [-0.3, -0.25) is 4.98 Å². The molecule has 0 bridgehead atoms. The van der Waals surface area contributed by atoms with Crippen molar-refractivity contribution in [3.05, 3.63) is 42.1 Å². The minimum Gasteiger partial charge on any atom is -0.493 e. The Morgan fingerprint density at radius 2 is 1.94 bits per heavy atom.